The number of aryl methyl sites for hydroxylation is 2. The summed E-state index contributed by atoms with van der Waals surface area (Å²) in [5, 5.41) is 16.3. The van der Waals surface area contributed by atoms with Crippen LogP contribution in [-0.2, 0) is 23.0 Å². The van der Waals surface area contributed by atoms with Crippen molar-refractivity contribution in [3.05, 3.63) is 52.3 Å². The van der Waals surface area contributed by atoms with Gasteiger partial charge in [0.1, 0.15) is 0 Å². The maximum absolute atomic E-state index is 12.3. The van der Waals surface area contributed by atoms with Gasteiger partial charge in [0.25, 0.3) is 0 Å². The monoisotopic (exact) mass is 352 g/mol. The molecule has 0 unspecified atom stereocenters. The number of amides is 1. The molecule has 0 radical (unpaired) electrons. The molecule has 1 N–H and O–H groups in total. The highest BCUT2D eigenvalue weighted by atomic mass is 16.5. The molecule has 1 amide bonds. The highest BCUT2D eigenvalue weighted by molar-refractivity contribution is 5.78. The van der Waals surface area contributed by atoms with Crippen LogP contribution in [0.1, 0.15) is 40.6 Å². The number of nitrogens with zero attached hydrogens (tertiary/aromatic N) is 3. The van der Waals surface area contributed by atoms with Crippen LogP contribution < -0.4 is 5.32 Å². The zero-order chi connectivity index (χ0) is 18.7. The van der Waals surface area contributed by atoms with Gasteiger partial charge in [0.2, 0.25) is 5.91 Å². The molecule has 1 fully saturated rings. The van der Waals surface area contributed by atoms with Crippen molar-refractivity contribution in [2.75, 3.05) is 13.2 Å². The Labute approximate surface area is 153 Å². The standard InChI is InChI=1S/C20H24N4O2/c1-13-19(14(2)24(3)23-13)20-17(8-9-26-20)12-22-18(25)10-15-4-6-16(11-21)7-5-15/h4-7,17,20H,8-10,12H2,1-3H3,(H,22,25)/t17-,20+/m1/s1. The predicted molar refractivity (Wildman–Crippen MR) is 97.4 cm³/mol. The first-order valence-corrected chi connectivity index (χ1v) is 8.87. The van der Waals surface area contributed by atoms with Crippen LogP contribution in [0.2, 0.25) is 0 Å². The summed E-state index contributed by atoms with van der Waals surface area (Å²) in [6.45, 7) is 5.35. The summed E-state index contributed by atoms with van der Waals surface area (Å²) in [6, 6.07) is 9.19. The molecular weight excluding hydrogens is 328 g/mol. The van der Waals surface area contributed by atoms with Gasteiger partial charge in [-0.1, -0.05) is 12.1 Å². The SMILES string of the molecule is Cc1nn(C)c(C)c1[C@H]1OCC[C@@H]1CNC(=O)Cc1ccc(C#N)cc1. The van der Waals surface area contributed by atoms with Gasteiger partial charge < -0.3 is 10.1 Å². The van der Waals surface area contributed by atoms with Crippen LogP contribution in [0.15, 0.2) is 24.3 Å². The molecule has 3 rings (SSSR count). The summed E-state index contributed by atoms with van der Waals surface area (Å²) < 4.78 is 7.85. The summed E-state index contributed by atoms with van der Waals surface area (Å²) in [5.74, 6) is 0.238. The summed E-state index contributed by atoms with van der Waals surface area (Å²) in [7, 11) is 1.94. The lowest BCUT2D eigenvalue weighted by atomic mass is 9.94. The number of rotatable bonds is 5. The first-order chi connectivity index (χ1) is 12.5. The van der Waals surface area contributed by atoms with Crippen molar-refractivity contribution in [3.63, 3.8) is 0 Å². The third-order valence-corrected chi connectivity index (χ3v) is 5.07. The Bertz CT molecular complexity index is 833. The fourth-order valence-electron chi connectivity index (χ4n) is 3.55. The zero-order valence-electron chi connectivity index (χ0n) is 15.5. The van der Waals surface area contributed by atoms with Crippen LogP contribution >= 0.6 is 0 Å². The number of carbonyl (C=O) groups is 1. The van der Waals surface area contributed by atoms with Gasteiger partial charge in [-0.05, 0) is 38.0 Å². The second kappa shape index (κ2) is 7.71. The van der Waals surface area contributed by atoms with E-state index < -0.39 is 0 Å². The van der Waals surface area contributed by atoms with Crippen LogP contribution in [0.4, 0.5) is 0 Å². The number of hydrogen-bond acceptors (Lipinski definition) is 4. The average molecular weight is 352 g/mol. The van der Waals surface area contributed by atoms with E-state index in [1.54, 1.807) is 12.1 Å². The van der Waals surface area contributed by atoms with E-state index in [0.29, 0.717) is 25.1 Å². The molecule has 136 valence electrons. The molecule has 1 aromatic carbocycles. The van der Waals surface area contributed by atoms with Gasteiger partial charge in [-0.15, -0.1) is 0 Å². The number of nitrogens with one attached hydrogen (secondary N) is 1. The fourth-order valence-corrected chi connectivity index (χ4v) is 3.55. The van der Waals surface area contributed by atoms with Crippen molar-refractivity contribution >= 4 is 5.91 Å². The Hall–Kier alpha value is -2.65. The minimum absolute atomic E-state index is 0.0139. The van der Waals surface area contributed by atoms with Gasteiger partial charge in [-0.2, -0.15) is 10.4 Å². The number of carbonyl (C=O) groups excluding carboxylic acids is 1. The normalized spacial score (nSPS) is 19.3. The molecule has 2 aromatic rings. The van der Waals surface area contributed by atoms with Crippen molar-refractivity contribution in [2.24, 2.45) is 13.0 Å². The minimum Gasteiger partial charge on any atom is -0.373 e. The van der Waals surface area contributed by atoms with Gasteiger partial charge in [-0.25, -0.2) is 0 Å². The summed E-state index contributed by atoms with van der Waals surface area (Å²) in [6.07, 6.45) is 1.23. The summed E-state index contributed by atoms with van der Waals surface area (Å²) in [5.41, 5.74) is 4.76. The molecule has 6 nitrogen and oxygen atoms in total. The van der Waals surface area contributed by atoms with Crippen LogP contribution in [0, 0.1) is 31.1 Å². The Morgan fingerprint density at radius 1 is 1.38 bits per heavy atom. The number of hydrogen-bond donors (Lipinski definition) is 1. The van der Waals surface area contributed by atoms with E-state index in [9.17, 15) is 4.79 Å². The third-order valence-electron chi connectivity index (χ3n) is 5.07. The second-order valence-corrected chi connectivity index (χ2v) is 6.84. The van der Waals surface area contributed by atoms with Gasteiger partial charge in [-0.3, -0.25) is 9.48 Å². The molecule has 1 saturated heterocycles. The maximum atomic E-state index is 12.3. The first-order valence-electron chi connectivity index (χ1n) is 8.87. The van der Waals surface area contributed by atoms with Crippen LogP contribution in [-0.4, -0.2) is 28.8 Å². The van der Waals surface area contributed by atoms with E-state index >= 15 is 0 Å². The van der Waals surface area contributed by atoms with Crippen molar-refractivity contribution in [1.82, 2.24) is 15.1 Å². The van der Waals surface area contributed by atoms with E-state index in [-0.39, 0.29) is 17.9 Å². The lowest BCUT2D eigenvalue weighted by Crippen LogP contribution is -2.31. The van der Waals surface area contributed by atoms with E-state index in [0.717, 1.165) is 28.9 Å². The highest BCUT2D eigenvalue weighted by Gasteiger charge is 2.33. The first kappa shape index (κ1) is 18.2. The zero-order valence-corrected chi connectivity index (χ0v) is 15.5. The van der Waals surface area contributed by atoms with Gasteiger partial charge in [0.05, 0.1) is 29.9 Å². The second-order valence-electron chi connectivity index (χ2n) is 6.84. The molecule has 0 aliphatic carbocycles. The van der Waals surface area contributed by atoms with Crippen molar-refractivity contribution in [2.45, 2.75) is 32.8 Å². The van der Waals surface area contributed by atoms with Crippen LogP contribution in [0.5, 0.6) is 0 Å². The number of ether oxygens (including phenoxy) is 1. The quantitative estimate of drug-likeness (QED) is 0.896. The third kappa shape index (κ3) is 3.78. The maximum Gasteiger partial charge on any atom is 0.224 e. The number of nitriles is 1. The molecule has 26 heavy (non-hydrogen) atoms. The molecule has 0 bridgehead atoms. The number of benzene rings is 1. The van der Waals surface area contributed by atoms with Crippen molar-refractivity contribution in [1.29, 1.82) is 5.26 Å². The largest absolute Gasteiger partial charge is 0.373 e. The Morgan fingerprint density at radius 3 is 2.73 bits per heavy atom. The highest BCUT2D eigenvalue weighted by Crippen LogP contribution is 2.37. The van der Waals surface area contributed by atoms with E-state index in [2.05, 4.69) is 23.4 Å². The molecule has 1 aromatic heterocycles. The lowest BCUT2D eigenvalue weighted by molar-refractivity contribution is -0.120. The molecule has 6 heteroatoms. The summed E-state index contributed by atoms with van der Waals surface area (Å²) >= 11 is 0. The van der Waals surface area contributed by atoms with Crippen molar-refractivity contribution in [3.8, 4) is 6.07 Å². The molecule has 0 saturated carbocycles. The van der Waals surface area contributed by atoms with Gasteiger partial charge in [0, 0.05) is 37.4 Å². The van der Waals surface area contributed by atoms with Crippen molar-refractivity contribution < 1.29 is 9.53 Å². The molecular formula is C20H24N4O2. The van der Waals surface area contributed by atoms with E-state index in [1.807, 2.05) is 30.8 Å². The minimum atomic E-state index is -0.0149. The Morgan fingerprint density at radius 2 is 2.12 bits per heavy atom. The Kier molecular flexibility index (Phi) is 5.38. The molecule has 0 spiro atoms. The predicted octanol–water partition coefficient (Wildman–Crippen LogP) is 2.35. The van der Waals surface area contributed by atoms with E-state index in [4.69, 9.17) is 10.00 Å². The molecule has 1 aliphatic heterocycles. The van der Waals surface area contributed by atoms with Gasteiger partial charge in [0.15, 0.2) is 0 Å². The lowest BCUT2D eigenvalue weighted by Gasteiger charge is -2.20. The topological polar surface area (TPSA) is 79.9 Å². The summed E-state index contributed by atoms with van der Waals surface area (Å²) in [4.78, 5) is 12.3. The average Bonchev–Trinajstić information content (AvgIpc) is 3.18. The number of aromatic nitrogens is 2. The van der Waals surface area contributed by atoms with E-state index in [1.165, 1.54) is 0 Å². The van der Waals surface area contributed by atoms with Crippen LogP contribution in [0.25, 0.3) is 0 Å². The molecule has 2 atom stereocenters. The smallest absolute Gasteiger partial charge is 0.224 e. The van der Waals surface area contributed by atoms with Crippen LogP contribution in [0.3, 0.4) is 0 Å². The fraction of sp³-hybridized carbons (Fsp3) is 0.450. The molecule has 2 heterocycles. The molecule has 1 aliphatic rings. The van der Waals surface area contributed by atoms with Gasteiger partial charge >= 0.3 is 0 Å². The Balaban J connectivity index is 1.59.